The number of carbonyl (C=O) groups is 1. The number of carbonyl (C=O) groups excluding carboxylic acids is 1. The zero-order chi connectivity index (χ0) is 18.0. The number of aliphatic hydroxyl groups excluding tert-OH is 1. The summed E-state index contributed by atoms with van der Waals surface area (Å²) in [5.41, 5.74) is 2.31. The first-order valence-electron chi connectivity index (χ1n) is 8.05. The van der Waals surface area contributed by atoms with Crippen LogP contribution in [-0.2, 0) is 0 Å². The third-order valence-corrected chi connectivity index (χ3v) is 4.32. The van der Waals surface area contributed by atoms with Gasteiger partial charge in [0.1, 0.15) is 5.82 Å². The minimum Gasteiger partial charge on any atom is -0.394 e. The maximum atomic E-state index is 13.7. The number of aromatic nitrogens is 1. The van der Waals surface area contributed by atoms with E-state index in [0.717, 1.165) is 5.56 Å². The van der Waals surface area contributed by atoms with E-state index in [9.17, 15) is 14.3 Å². The van der Waals surface area contributed by atoms with Crippen LogP contribution in [0.25, 0.3) is 22.2 Å². The van der Waals surface area contributed by atoms with Crippen LogP contribution in [0.2, 0.25) is 0 Å². The number of pyridine rings is 1. The lowest BCUT2D eigenvalue weighted by molar-refractivity contribution is 0.0684. The Bertz CT molecular complexity index is 912. The Morgan fingerprint density at radius 1 is 1.20 bits per heavy atom. The van der Waals surface area contributed by atoms with Crippen LogP contribution in [0.3, 0.4) is 0 Å². The van der Waals surface area contributed by atoms with Gasteiger partial charge >= 0.3 is 0 Å². The van der Waals surface area contributed by atoms with Gasteiger partial charge in [-0.3, -0.25) is 4.79 Å². The molecule has 5 heteroatoms. The van der Waals surface area contributed by atoms with E-state index in [1.54, 1.807) is 26.1 Å². The number of rotatable bonds is 4. The van der Waals surface area contributed by atoms with Gasteiger partial charge in [-0.25, -0.2) is 9.37 Å². The first-order chi connectivity index (χ1) is 12.0. The minimum atomic E-state index is -0.402. The van der Waals surface area contributed by atoms with E-state index >= 15 is 0 Å². The van der Waals surface area contributed by atoms with Crippen LogP contribution in [0.1, 0.15) is 17.3 Å². The smallest absolute Gasteiger partial charge is 0.254 e. The molecule has 3 aromatic rings. The summed E-state index contributed by atoms with van der Waals surface area (Å²) in [6.07, 6.45) is 0. The van der Waals surface area contributed by atoms with Gasteiger partial charge in [-0.2, -0.15) is 0 Å². The largest absolute Gasteiger partial charge is 0.394 e. The van der Waals surface area contributed by atoms with E-state index in [0.29, 0.717) is 22.2 Å². The van der Waals surface area contributed by atoms with Crippen LogP contribution in [0.15, 0.2) is 54.6 Å². The van der Waals surface area contributed by atoms with E-state index in [-0.39, 0.29) is 18.6 Å². The molecule has 25 heavy (non-hydrogen) atoms. The first-order valence-corrected chi connectivity index (χ1v) is 8.05. The van der Waals surface area contributed by atoms with E-state index < -0.39 is 5.82 Å². The second kappa shape index (κ2) is 6.99. The van der Waals surface area contributed by atoms with Crippen molar-refractivity contribution < 1.29 is 14.3 Å². The van der Waals surface area contributed by atoms with Crippen molar-refractivity contribution in [2.45, 2.75) is 13.0 Å². The molecule has 0 fully saturated rings. The molecule has 1 N–H and O–H groups in total. The fourth-order valence-corrected chi connectivity index (χ4v) is 2.65. The molecule has 3 rings (SSSR count). The second-order valence-electron chi connectivity index (χ2n) is 6.03. The predicted octanol–water partition coefficient (Wildman–Crippen LogP) is 3.49. The van der Waals surface area contributed by atoms with Crippen molar-refractivity contribution in [2.24, 2.45) is 0 Å². The standard InChI is InChI=1S/C20H19FN2O2/c1-13(12-24)23(2)20(25)17-11-18(14-6-4-3-5-7-14)22-19-10-15(21)8-9-16(17)19/h3-11,13,24H,12H2,1-2H3. The molecule has 0 saturated heterocycles. The summed E-state index contributed by atoms with van der Waals surface area (Å²) in [6.45, 7) is 1.63. The number of benzene rings is 2. The number of nitrogens with zero attached hydrogens (tertiary/aromatic N) is 2. The molecule has 1 heterocycles. The molecular formula is C20H19FN2O2. The van der Waals surface area contributed by atoms with Crippen molar-refractivity contribution in [1.82, 2.24) is 9.88 Å². The van der Waals surface area contributed by atoms with Crippen LogP contribution in [0.4, 0.5) is 4.39 Å². The van der Waals surface area contributed by atoms with Gasteiger partial charge in [-0.05, 0) is 25.1 Å². The summed E-state index contributed by atoms with van der Waals surface area (Å²) < 4.78 is 13.7. The highest BCUT2D eigenvalue weighted by Crippen LogP contribution is 2.26. The molecule has 128 valence electrons. The third kappa shape index (κ3) is 3.37. The molecule has 1 amide bonds. The first kappa shape index (κ1) is 17.0. The van der Waals surface area contributed by atoms with Crippen molar-refractivity contribution in [3.8, 4) is 11.3 Å². The van der Waals surface area contributed by atoms with Crippen LogP contribution in [-0.4, -0.2) is 40.6 Å². The lowest BCUT2D eigenvalue weighted by Gasteiger charge is -2.24. The molecule has 0 aliphatic carbocycles. The Hall–Kier alpha value is -2.79. The van der Waals surface area contributed by atoms with Crippen molar-refractivity contribution in [1.29, 1.82) is 0 Å². The van der Waals surface area contributed by atoms with E-state index in [2.05, 4.69) is 4.98 Å². The van der Waals surface area contributed by atoms with Crippen LogP contribution in [0, 0.1) is 5.82 Å². The molecule has 0 aliphatic heterocycles. The Balaban J connectivity index is 2.20. The SMILES string of the molecule is CC(CO)N(C)C(=O)c1cc(-c2ccccc2)nc2cc(F)ccc12. The van der Waals surface area contributed by atoms with Crippen molar-refractivity contribution in [3.05, 3.63) is 66.0 Å². The molecule has 0 bridgehead atoms. The second-order valence-corrected chi connectivity index (χ2v) is 6.03. The van der Waals surface area contributed by atoms with Gasteiger partial charge in [0, 0.05) is 24.1 Å². The van der Waals surface area contributed by atoms with Crippen molar-refractivity contribution in [3.63, 3.8) is 0 Å². The number of amides is 1. The number of hydrogen-bond donors (Lipinski definition) is 1. The summed E-state index contributed by atoms with van der Waals surface area (Å²) in [5.74, 6) is -0.640. The van der Waals surface area contributed by atoms with E-state index in [1.165, 1.54) is 17.0 Å². The van der Waals surface area contributed by atoms with Crippen LogP contribution >= 0.6 is 0 Å². The van der Waals surface area contributed by atoms with Gasteiger partial charge in [0.2, 0.25) is 0 Å². The average Bonchev–Trinajstić information content (AvgIpc) is 2.65. The molecule has 4 nitrogen and oxygen atoms in total. The van der Waals surface area contributed by atoms with Crippen molar-refractivity contribution in [2.75, 3.05) is 13.7 Å². The quantitative estimate of drug-likeness (QED) is 0.792. The molecule has 0 aliphatic rings. The van der Waals surface area contributed by atoms with Crippen LogP contribution < -0.4 is 0 Å². The van der Waals surface area contributed by atoms with E-state index in [1.807, 2.05) is 30.3 Å². The third-order valence-electron chi connectivity index (χ3n) is 4.32. The normalized spacial score (nSPS) is 12.2. The molecule has 0 spiro atoms. The van der Waals surface area contributed by atoms with Gasteiger partial charge < -0.3 is 10.0 Å². The molecule has 0 radical (unpaired) electrons. The Morgan fingerprint density at radius 2 is 1.92 bits per heavy atom. The molecule has 1 aromatic heterocycles. The Kier molecular flexibility index (Phi) is 4.76. The van der Waals surface area contributed by atoms with Gasteiger partial charge in [-0.1, -0.05) is 30.3 Å². The maximum absolute atomic E-state index is 13.7. The molecular weight excluding hydrogens is 319 g/mol. The topological polar surface area (TPSA) is 53.4 Å². The highest BCUT2D eigenvalue weighted by atomic mass is 19.1. The summed E-state index contributed by atoms with van der Waals surface area (Å²) in [4.78, 5) is 18.9. The highest BCUT2D eigenvalue weighted by molar-refractivity contribution is 6.07. The zero-order valence-corrected chi connectivity index (χ0v) is 14.1. The fraction of sp³-hybridized carbons (Fsp3) is 0.200. The zero-order valence-electron chi connectivity index (χ0n) is 14.1. The molecule has 1 atom stereocenters. The number of aliphatic hydroxyl groups is 1. The molecule has 2 aromatic carbocycles. The van der Waals surface area contributed by atoms with Crippen LogP contribution in [0.5, 0.6) is 0 Å². The monoisotopic (exact) mass is 338 g/mol. The van der Waals surface area contributed by atoms with Crippen molar-refractivity contribution >= 4 is 16.8 Å². The average molecular weight is 338 g/mol. The van der Waals surface area contributed by atoms with Gasteiger partial charge in [0.25, 0.3) is 5.91 Å². The number of fused-ring (bicyclic) bond motifs is 1. The number of likely N-dealkylation sites (N-methyl/N-ethyl adjacent to an activating group) is 1. The van der Waals surface area contributed by atoms with E-state index in [4.69, 9.17) is 0 Å². The maximum Gasteiger partial charge on any atom is 0.254 e. The lowest BCUT2D eigenvalue weighted by atomic mass is 10.0. The highest BCUT2D eigenvalue weighted by Gasteiger charge is 2.21. The summed E-state index contributed by atoms with van der Waals surface area (Å²) in [5, 5.41) is 9.91. The predicted molar refractivity (Wildman–Crippen MR) is 95.8 cm³/mol. The summed E-state index contributed by atoms with van der Waals surface area (Å²) >= 11 is 0. The van der Waals surface area contributed by atoms with Gasteiger partial charge in [0.15, 0.2) is 0 Å². The summed E-state index contributed by atoms with van der Waals surface area (Å²) in [6, 6.07) is 15.1. The van der Waals surface area contributed by atoms with Gasteiger partial charge in [-0.15, -0.1) is 0 Å². The lowest BCUT2D eigenvalue weighted by Crippen LogP contribution is -2.37. The summed E-state index contributed by atoms with van der Waals surface area (Å²) in [7, 11) is 1.64. The molecule has 1 unspecified atom stereocenters. The Morgan fingerprint density at radius 3 is 2.60 bits per heavy atom. The minimum absolute atomic E-state index is 0.134. The number of halogens is 1. The fourth-order valence-electron chi connectivity index (χ4n) is 2.65. The Labute approximate surface area is 145 Å². The van der Waals surface area contributed by atoms with Gasteiger partial charge in [0.05, 0.1) is 29.4 Å². The number of hydrogen-bond acceptors (Lipinski definition) is 3. The molecule has 0 saturated carbocycles.